The molecule has 0 saturated carbocycles. The maximum absolute atomic E-state index is 11.0. The van der Waals surface area contributed by atoms with Gasteiger partial charge in [0.05, 0.1) is 6.61 Å². The molecule has 0 saturated heterocycles. The third-order valence-electron chi connectivity index (χ3n) is 2.91. The fourth-order valence-electron chi connectivity index (χ4n) is 1.98. The minimum Gasteiger partial charge on any atom is -0.385 e. The second-order valence-electron chi connectivity index (χ2n) is 4.23. The van der Waals surface area contributed by atoms with Crippen LogP contribution in [0.4, 0.5) is 0 Å². The first-order chi connectivity index (χ1) is 9.36. The lowest BCUT2D eigenvalue weighted by Gasteiger charge is -2.06. The van der Waals surface area contributed by atoms with Gasteiger partial charge in [0.15, 0.2) is 6.29 Å². The zero-order valence-corrected chi connectivity index (χ0v) is 11.0. The zero-order chi connectivity index (χ0) is 13.5. The summed E-state index contributed by atoms with van der Waals surface area (Å²) in [6.07, 6.45) is 5.30. The van der Waals surface area contributed by atoms with E-state index < -0.39 is 0 Å². The third-order valence-corrected chi connectivity index (χ3v) is 2.91. The number of aldehydes is 1. The Morgan fingerprint density at radius 2 is 2.26 bits per heavy atom. The molecule has 0 spiro atoms. The number of fused-ring (bicyclic) bond motifs is 1. The molecular weight excluding hydrogens is 244 g/mol. The van der Waals surface area contributed by atoms with Crippen molar-refractivity contribution in [3.05, 3.63) is 30.1 Å². The Labute approximate surface area is 112 Å². The van der Waals surface area contributed by atoms with Gasteiger partial charge >= 0.3 is 0 Å². The van der Waals surface area contributed by atoms with Gasteiger partial charge < -0.3 is 14.0 Å². The molecule has 19 heavy (non-hydrogen) atoms. The summed E-state index contributed by atoms with van der Waals surface area (Å²) in [6.45, 7) is 2.68. The fourth-order valence-corrected chi connectivity index (χ4v) is 1.98. The molecule has 0 bridgehead atoms. The lowest BCUT2D eigenvalue weighted by molar-refractivity contribution is 0.0980. The van der Waals surface area contributed by atoms with Crippen molar-refractivity contribution in [2.24, 2.45) is 0 Å². The van der Waals surface area contributed by atoms with Gasteiger partial charge in [-0.2, -0.15) is 0 Å². The summed E-state index contributed by atoms with van der Waals surface area (Å²) in [5.41, 5.74) is 1.49. The molecule has 0 unspecified atom stereocenters. The molecule has 2 aromatic rings. The van der Waals surface area contributed by atoms with Crippen LogP contribution in [0, 0.1) is 0 Å². The molecule has 0 aliphatic carbocycles. The molecule has 2 aromatic heterocycles. The first-order valence-corrected chi connectivity index (χ1v) is 6.32. The molecular formula is C14H18N2O3. The molecule has 2 heterocycles. The van der Waals surface area contributed by atoms with Gasteiger partial charge in [0.25, 0.3) is 0 Å². The molecule has 5 nitrogen and oxygen atoms in total. The molecule has 0 N–H and O–H groups in total. The normalized spacial score (nSPS) is 11.0. The lowest BCUT2D eigenvalue weighted by atomic mass is 10.2. The van der Waals surface area contributed by atoms with Crippen molar-refractivity contribution in [1.82, 2.24) is 9.55 Å². The molecule has 2 rings (SSSR count). The van der Waals surface area contributed by atoms with Crippen molar-refractivity contribution >= 4 is 17.3 Å². The number of hydrogen-bond donors (Lipinski definition) is 0. The highest BCUT2D eigenvalue weighted by Gasteiger charge is 2.07. The number of carbonyl (C=O) groups is 1. The third kappa shape index (κ3) is 3.39. The number of ether oxygens (including phenoxy) is 2. The Morgan fingerprint density at radius 3 is 3.05 bits per heavy atom. The fraction of sp³-hybridized carbons (Fsp3) is 0.429. The van der Waals surface area contributed by atoms with E-state index in [9.17, 15) is 4.79 Å². The van der Waals surface area contributed by atoms with Gasteiger partial charge in [-0.25, -0.2) is 4.98 Å². The van der Waals surface area contributed by atoms with Gasteiger partial charge in [-0.15, -0.1) is 0 Å². The van der Waals surface area contributed by atoms with Gasteiger partial charge in [0.1, 0.15) is 5.65 Å². The number of methoxy groups -OCH3 is 1. The summed E-state index contributed by atoms with van der Waals surface area (Å²) in [5, 5.41) is 0.886. The van der Waals surface area contributed by atoms with Crippen molar-refractivity contribution in [2.75, 3.05) is 26.9 Å². The summed E-state index contributed by atoms with van der Waals surface area (Å²) in [5.74, 6) is 0. The summed E-state index contributed by atoms with van der Waals surface area (Å²) in [4.78, 5) is 15.3. The highest BCUT2D eigenvalue weighted by Crippen LogP contribution is 2.17. The number of aromatic nitrogens is 2. The molecule has 0 amide bonds. The quantitative estimate of drug-likeness (QED) is 0.538. The zero-order valence-electron chi connectivity index (χ0n) is 11.0. The van der Waals surface area contributed by atoms with Crippen molar-refractivity contribution < 1.29 is 14.3 Å². The Kier molecular flexibility index (Phi) is 5.06. The minimum absolute atomic E-state index is 0.600. The molecule has 5 heteroatoms. The highest BCUT2D eigenvalue weighted by atomic mass is 16.5. The van der Waals surface area contributed by atoms with Crippen LogP contribution < -0.4 is 0 Å². The average Bonchev–Trinajstić information content (AvgIpc) is 2.81. The van der Waals surface area contributed by atoms with E-state index in [2.05, 4.69) is 4.98 Å². The van der Waals surface area contributed by atoms with Crippen molar-refractivity contribution in [2.45, 2.75) is 13.0 Å². The minimum atomic E-state index is 0.600. The molecule has 0 aliphatic rings. The predicted octanol–water partition coefficient (Wildman–Crippen LogP) is 1.90. The van der Waals surface area contributed by atoms with E-state index in [0.717, 1.165) is 23.7 Å². The van der Waals surface area contributed by atoms with Crippen molar-refractivity contribution in [3.63, 3.8) is 0 Å². The van der Waals surface area contributed by atoms with Crippen LogP contribution in [0.5, 0.6) is 0 Å². The van der Waals surface area contributed by atoms with Crippen LogP contribution in [-0.2, 0) is 16.0 Å². The summed E-state index contributed by atoms with van der Waals surface area (Å²) >= 11 is 0. The summed E-state index contributed by atoms with van der Waals surface area (Å²) in [6, 6.07) is 3.74. The molecule has 0 aliphatic heterocycles. The maximum atomic E-state index is 11.0. The number of nitrogens with zero attached hydrogens (tertiary/aromatic N) is 2. The Balaban J connectivity index is 1.95. The van der Waals surface area contributed by atoms with Gasteiger partial charge in [-0.1, -0.05) is 0 Å². The molecule has 0 radical (unpaired) electrons. The summed E-state index contributed by atoms with van der Waals surface area (Å²) < 4.78 is 12.4. The Hall–Kier alpha value is -1.72. The van der Waals surface area contributed by atoms with Crippen LogP contribution in [0.3, 0.4) is 0 Å². The van der Waals surface area contributed by atoms with E-state index in [0.29, 0.717) is 31.9 Å². The van der Waals surface area contributed by atoms with E-state index in [-0.39, 0.29) is 0 Å². The Bertz CT molecular complexity index is 536. The Morgan fingerprint density at radius 1 is 1.37 bits per heavy atom. The van der Waals surface area contributed by atoms with Gasteiger partial charge in [-0.3, -0.25) is 4.79 Å². The second-order valence-corrected chi connectivity index (χ2v) is 4.23. The van der Waals surface area contributed by atoms with Crippen LogP contribution in [0.25, 0.3) is 11.0 Å². The number of hydrogen-bond acceptors (Lipinski definition) is 4. The van der Waals surface area contributed by atoms with E-state index in [1.165, 1.54) is 0 Å². The molecule has 0 fully saturated rings. The predicted molar refractivity (Wildman–Crippen MR) is 72.4 cm³/mol. The number of rotatable bonds is 8. The SMILES string of the molecule is COCCCOCCn1cc(C=O)c2cccnc21. The van der Waals surface area contributed by atoms with Crippen LogP contribution in [0.2, 0.25) is 0 Å². The molecule has 0 atom stereocenters. The van der Waals surface area contributed by atoms with E-state index in [4.69, 9.17) is 9.47 Å². The average molecular weight is 262 g/mol. The van der Waals surface area contributed by atoms with Crippen LogP contribution in [0.1, 0.15) is 16.8 Å². The first kappa shape index (κ1) is 13.7. The van der Waals surface area contributed by atoms with E-state index >= 15 is 0 Å². The van der Waals surface area contributed by atoms with Gasteiger partial charge in [-0.05, 0) is 18.6 Å². The van der Waals surface area contributed by atoms with E-state index in [1.807, 2.05) is 22.9 Å². The van der Waals surface area contributed by atoms with Crippen molar-refractivity contribution in [1.29, 1.82) is 0 Å². The number of pyridine rings is 1. The van der Waals surface area contributed by atoms with Crippen LogP contribution >= 0.6 is 0 Å². The van der Waals surface area contributed by atoms with E-state index in [1.54, 1.807) is 13.3 Å². The summed E-state index contributed by atoms with van der Waals surface area (Å²) in [7, 11) is 1.68. The second kappa shape index (κ2) is 7.01. The monoisotopic (exact) mass is 262 g/mol. The largest absolute Gasteiger partial charge is 0.385 e. The van der Waals surface area contributed by atoms with Gasteiger partial charge in [0, 0.05) is 50.2 Å². The number of carbonyl (C=O) groups excluding carboxylic acids is 1. The molecule has 0 aromatic carbocycles. The first-order valence-electron chi connectivity index (χ1n) is 6.32. The smallest absolute Gasteiger partial charge is 0.152 e. The topological polar surface area (TPSA) is 53.4 Å². The van der Waals surface area contributed by atoms with Crippen molar-refractivity contribution in [3.8, 4) is 0 Å². The lowest BCUT2D eigenvalue weighted by Crippen LogP contribution is -2.07. The van der Waals surface area contributed by atoms with Gasteiger partial charge in [0.2, 0.25) is 0 Å². The highest BCUT2D eigenvalue weighted by molar-refractivity contribution is 5.95. The van der Waals surface area contributed by atoms with Crippen LogP contribution in [0.15, 0.2) is 24.5 Å². The maximum Gasteiger partial charge on any atom is 0.152 e. The standard InChI is InChI=1S/C14H18N2O3/c1-18-7-3-8-19-9-6-16-10-12(11-17)13-4-2-5-15-14(13)16/h2,4-5,10-11H,3,6-9H2,1H3. The molecule has 102 valence electrons. The van der Waals surface area contributed by atoms with Crippen LogP contribution in [-0.4, -0.2) is 42.8 Å².